The summed E-state index contributed by atoms with van der Waals surface area (Å²) in [5.41, 5.74) is 6.84. The zero-order chi connectivity index (χ0) is 10.2. The molecule has 0 radical (unpaired) electrons. The Morgan fingerprint density at radius 3 is 2.86 bits per heavy atom. The van der Waals surface area contributed by atoms with Crippen LogP contribution in [0.2, 0.25) is 0 Å². The first-order valence-electron chi connectivity index (χ1n) is 5.04. The van der Waals surface area contributed by atoms with Crippen molar-refractivity contribution < 1.29 is 4.39 Å². The van der Waals surface area contributed by atoms with Crippen LogP contribution >= 0.6 is 0 Å². The van der Waals surface area contributed by atoms with Crippen molar-refractivity contribution >= 4 is 0 Å². The van der Waals surface area contributed by atoms with E-state index in [2.05, 4.69) is 11.9 Å². The highest BCUT2D eigenvalue weighted by Crippen LogP contribution is 2.56. The number of aromatic nitrogens is 1. The molecular formula is C11H15FN2. The van der Waals surface area contributed by atoms with E-state index in [9.17, 15) is 4.39 Å². The largest absolute Gasteiger partial charge is 0.323 e. The number of nitrogens with two attached hydrogens (primary N) is 1. The van der Waals surface area contributed by atoms with E-state index in [0.717, 1.165) is 19.3 Å². The van der Waals surface area contributed by atoms with Gasteiger partial charge in [0.2, 0.25) is 0 Å². The molecule has 0 bridgehead atoms. The highest BCUT2D eigenvalue weighted by molar-refractivity contribution is 5.22. The molecule has 0 amide bonds. The molecule has 76 valence electrons. The highest BCUT2D eigenvalue weighted by atomic mass is 19.1. The Kier molecular flexibility index (Phi) is 2.27. The third-order valence-corrected chi connectivity index (χ3v) is 3.39. The fraction of sp³-hybridized carbons (Fsp3) is 0.545. The fourth-order valence-electron chi connectivity index (χ4n) is 2.01. The Balaban J connectivity index is 2.27. The molecule has 1 aromatic heterocycles. The van der Waals surface area contributed by atoms with Gasteiger partial charge in [0.1, 0.15) is 5.82 Å². The summed E-state index contributed by atoms with van der Waals surface area (Å²) in [6, 6.07) is 1.52. The van der Waals surface area contributed by atoms with Crippen molar-refractivity contribution in [3.8, 4) is 0 Å². The molecule has 1 aliphatic rings. The summed E-state index contributed by atoms with van der Waals surface area (Å²) in [5.74, 6) is -0.278. The first-order chi connectivity index (χ1) is 6.69. The maximum atomic E-state index is 13.4. The van der Waals surface area contributed by atoms with Gasteiger partial charge in [-0.05, 0) is 30.7 Å². The summed E-state index contributed by atoms with van der Waals surface area (Å²) in [7, 11) is 0. The smallest absolute Gasteiger partial charge is 0.146 e. The van der Waals surface area contributed by atoms with E-state index in [1.165, 1.54) is 6.20 Å². The standard InChI is InChI=1S/C11H15FN2/c1-2-11(4-5-11)10(13)8-3-6-14-7-9(8)12/h3,6-7,10H,2,4-5,13H2,1H3. The van der Waals surface area contributed by atoms with Gasteiger partial charge in [0.15, 0.2) is 0 Å². The number of nitrogens with zero attached hydrogens (tertiary/aromatic N) is 1. The molecule has 0 saturated heterocycles. The summed E-state index contributed by atoms with van der Waals surface area (Å²) in [6.45, 7) is 2.12. The highest BCUT2D eigenvalue weighted by Gasteiger charge is 2.47. The average Bonchev–Trinajstić information content (AvgIpc) is 2.98. The molecule has 1 unspecified atom stereocenters. The summed E-state index contributed by atoms with van der Waals surface area (Å²) in [5, 5.41) is 0. The lowest BCUT2D eigenvalue weighted by Gasteiger charge is -2.22. The molecule has 1 fully saturated rings. The van der Waals surface area contributed by atoms with E-state index in [1.54, 1.807) is 12.3 Å². The number of pyridine rings is 1. The predicted octanol–water partition coefficient (Wildman–Crippen LogP) is 2.41. The van der Waals surface area contributed by atoms with Crippen molar-refractivity contribution in [1.29, 1.82) is 0 Å². The van der Waals surface area contributed by atoms with Gasteiger partial charge in [-0.25, -0.2) is 4.39 Å². The second-order valence-electron chi connectivity index (χ2n) is 4.09. The van der Waals surface area contributed by atoms with Gasteiger partial charge in [0.05, 0.1) is 6.20 Å². The molecule has 0 aliphatic heterocycles. The van der Waals surface area contributed by atoms with Crippen LogP contribution in [0.3, 0.4) is 0 Å². The summed E-state index contributed by atoms with van der Waals surface area (Å²) in [4.78, 5) is 3.73. The second kappa shape index (κ2) is 3.31. The Hall–Kier alpha value is -0.960. The van der Waals surface area contributed by atoms with Crippen LogP contribution in [0, 0.1) is 11.2 Å². The lowest BCUT2D eigenvalue weighted by molar-refractivity contribution is 0.382. The van der Waals surface area contributed by atoms with Crippen molar-refractivity contribution in [3.63, 3.8) is 0 Å². The maximum Gasteiger partial charge on any atom is 0.146 e. The normalized spacial score (nSPS) is 20.5. The monoisotopic (exact) mass is 194 g/mol. The van der Waals surface area contributed by atoms with E-state index in [-0.39, 0.29) is 17.3 Å². The lowest BCUT2D eigenvalue weighted by Crippen LogP contribution is -2.23. The van der Waals surface area contributed by atoms with Crippen molar-refractivity contribution in [2.24, 2.45) is 11.1 Å². The number of halogens is 1. The minimum absolute atomic E-state index is 0.155. The Bertz CT molecular complexity index is 334. The molecule has 2 rings (SSSR count). The maximum absolute atomic E-state index is 13.4. The summed E-state index contributed by atoms with van der Waals surface area (Å²) in [6.07, 6.45) is 6.10. The third kappa shape index (κ3) is 1.42. The van der Waals surface area contributed by atoms with Gasteiger partial charge in [0, 0.05) is 17.8 Å². The number of hydrogen-bond acceptors (Lipinski definition) is 2. The van der Waals surface area contributed by atoms with Crippen LogP contribution in [-0.4, -0.2) is 4.98 Å². The minimum atomic E-state index is -0.278. The lowest BCUT2D eigenvalue weighted by atomic mass is 9.89. The first kappa shape index (κ1) is 9.59. The molecule has 0 aromatic carbocycles. The van der Waals surface area contributed by atoms with E-state index >= 15 is 0 Å². The Morgan fingerprint density at radius 2 is 2.36 bits per heavy atom. The van der Waals surface area contributed by atoms with E-state index in [0.29, 0.717) is 5.56 Å². The van der Waals surface area contributed by atoms with Gasteiger partial charge in [0.25, 0.3) is 0 Å². The number of rotatable bonds is 3. The van der Waals surface area contributed by atoms with Crippen molar-refractivity contribution in [1.82, 2.24) is 4.98 Å². The van der Waals surface area contributed by atoms with Gasteiger partial charge >= 0.3 is 0 Å². The van der Waals surface area contributed by atoms with Crippen LogP contribution in [0.4, 0.5) is 4.39 Å². The van der Waals surface area contributed by atoms with Crippen LogP contribution in [0.15, 0.2) is 18.5 Å². The fourth-order valence-corrected chi connectivity index (χ4v) is 2.01. The zero-order valence-corrected chi connectivity index (χ0v) is 8.33. The van der Waals surface area contributed by atoms with Gasteiger partial charge in [-0.15, -0.1) is 0 Å². The van der Waals surface area contributed by atoms with Crippen LogP contribution in [-0.2, 0) is 0 Å². The van der Waals surface area contributed by atoms with Crippen LogP contribution < -0.4 is 5.73 Å². The molecule has 1 saturated carbocycles. The topological polar surface area (TPSA) is 38.9 Å². The third-order valence-electron chi connectivity index (χ3n) is 3.39. The zero-order valence-electron chi connectivity index (χ0n) is 8.33. The van der Waals surface area contributed by atoms with E-state index in [1.807, 2.05) is 0 Å². The molecule has 1 heterocycles. The molecule has 1 aliphatic carbocycles. The van der Waals surface area contributed by atoms with Crippen molar-refractivity contribution in [3.05, 3.63) is 29.8 Å². The molecule has 0 spiro atoms. The molecule has 1 atom stereocenters. The van der Waals surface area contributed by atoms with Crippen molar-refractivity contribution in [2.75, 3.05) is 0 Å². The SMILES string of the molecule is CCC1(C(N)c2ccncc2F)CC1. The van der Waals surface area contributed by atoms with Gasteiger partial charge in [-0.1, -0.05) is 6.92 Å². The van der Waals surface area contributed by atoms with E-state index < -0.39 is 0 Å². The van der Waals surface area contributed by atoms with E-state index in [4.69, 9.17) is 5.73 Å². The molecule has 2 nitrogen and oxygen atoms in total. The molecule has 2 N–H and O–H groups in total. The molecule has 14 heavy (non-hydrogen) atoms. The average molecular weight is 194 g/mol. The Morgan fingerprint density at radius 1 is 1.64 bits per heavy atom. The van der Waals surface area contributed by atoms with Gasteiger partial charge < -0.3 is 5.73 Å². The minimum Gasteiger partial charge on any atom is -0.323 e. The molecule has 3 heteroatoms. The first-order valence-corrected chi connectivity index (χ1v) is 5.04. The van der Waals surface area contributed by atoms with Gasteiger partial charge in [-0.2, -0.15) is 0 Å². The van der Waals surface area contributed by atoms with Gasteiger partial charge in [-0.3, -0.25) is 4.98 Å². The van der Waals surface area contributed by atoms with Crippen LogP contribution in [0.5, 0.6) is 0 Å². The van der Waals surface area contributed by atoms with Crippen LogP contribution in [0.1, 0.15) is 37.8 Å². The summed E-state index contributed by atoms with van der Waals surface area (Å²) >= 11 is 0. The Labute approximate surface area is 83.3 Å². The van der Waals surface area contributed by atoms with Crippen molar-refractivity contribution in [2.45, 2.75) is 32.2 Å². The quantitative estimate of drug-likeness (QED) is 0.802. The molecular weight excluding hydrogens is 179 g/mol. The number of hydrogen-bond donors (Lipinski definition) is 1. The summed E-state index contributed by atoms with van der Waals surface area (Å²) < 4.78 is 13.4. The molecule has 1 aromatic rings. The predicted molar refractivity (Wildman–Crippen MR) is 53.1 cm³/mol. The second-order valence-corrected chi connectivity index (χ2v) is 4.09. The van der Waals surface area contributed by atoms with Crippen LogP contribution in [0.25, 0.3) is 0 Å².